The summed E-state index contributed by atoms with van der Waals surface area (Å²) in [5.74, 6) is 0. The van der Waals surface area contributed by atoms with Gasteiger partial charge in [0.15, 0.2) is 0 Å². The average molecular weight is 185 g/mol. The zero-order valence-corrected chi connectivity index (χ0v) is 5.73. The van der Waals surface area contributed by atoms with Crippen LogP contribution >= 0.6 is 0 Å². The van der Waals surface area contributed by atoms with Gasteiger partial charge in [-0.1, -0.05) is 0 Å². The van der Waals surface area contributed by atoms with E-state index in [0.29, 0.717) is 0 Å². The van der Waals surface area contributed by atoms with Crippen LogP contribution in [0.15, 0.2) is 0 Å². The second-order valence-electron chi connectivity index (χ2n) is 2.29. The molecule has 0 aromatic carbocycles. The highest BCUT2D eigenvalue weighted by Gasteiger charge is 2.47. The van der Waals surface area contributed by atoms with E-state index in [2.05, 4.69) is 0 Å². The maximum Gasteiger partial charge on any atom is 0.445 e. The van der Waals surface area contributed by atoms with Crippen molar-refractivity contribution in [2.24, 2.45) is 0 Å². The standard InChI is InChI=1S/C4H6F3N3O2/c5-4(6,7)2-1-8-3(11)9-10(2)12/h2,10H,1H2,(H2,8,9,11). The van der Waals surface area contributed by atoms with Gasteiger partial charge < -0.3 is 10.5 Å². The fourth-order valence-corrected chi connectivity index (χ4v) is 0.795. The molecule has 2 amide bonds. The molecule has 0 aliphatic carbocycles. The Morgan fingerprint density at radius 3 is 2.58 bits per heavy atom. The second-order valence-corrected chi connectivity index (χ2v) is 2.29. The third-order valence-electron chi connectivity index (χ3n) is 1.42. The molecule has 1 heterocycles. The van der Waals surface area contributed by atoms with Gasteiger partial charge in [-0.3, -0.25) is 5.17 Å². The summed E-state index contributed by atoms with van der Waals surface area (Å²) in [5.41, 5.74) is 1.53. The summed E-state index contributed by atoms with van der Waals surface area (Å²) < 4.78 is 35.7. The maximum atomic E-state index is 11.9. The van der Waals surface area contributed by atoms with Gasteiger partial charge in [-0.05, 0) is 0 Å². The molecule has 0 aromatic rings. The molecule has 1 fully saturated rings. The van der Waals surface area contributed by atoms with Gasteiger partial charge in [0.05, 0.1) is 6.54 Å². The highest BCUT2D eigenvalue weighted by Crippen LogP contribution is 2.17. The highest BCUT2D eigenvalue weighted by atomic mass is 19.4. The molecule has 0 bridgehead atoms. The minimum Gasteiger partial charge on any atom is -0.607 e. The summed E-state index contributed by atoms with van der Waals surface area (Å²) in [5, 5.41) is 11.1. The Morgan fingerprint density at radius 2 is 2.17 bits per heavy atom. The monoisotopic (exact) mass is 185 g/mol. The van der Waals surface area contributed by atoms with E-state index >= 15 is 0 Å². The maximum absolute atomic E-state index is 11.9. The molecule has 1 aliphatic heterocycles. The first kappa shape index (κ1) is 9.07. The van der Waals surface area contributed by atoms with Crippen molar-refractivity contribution in [3.05, 3.63) is 5.21 Å². The number of carbonyl (C=O) groups is 1. The lowest BCUT2D eigenvalue weighted by Gasteiger charge is -2.35. The molecule has 1 rings (SSSR count). The number of hydrogen-bond donors (Lipinski definition) is 3. The lowest BCUT2D eigenvalue weighted by atomic mass is 10.3. The molecule has 8 heteroatoms. The van der Waals surface area contributed by atoms with Crippen LogP contribution < -0.4 is 15.9 Å². The van der Waals surface area contributed by atoms with E-state index < -0.39 is 30.0 Å². The molecule has 5 nitrogen and oxygen atoms in total. The summed E-state index contributed by atoms with van der Waals surface area (Å²) in [4.78, 5) is 10.3. The third-order valence-corrected chi connectivity index (χ3v) is 1.42. The van der Waals surface area contributed by atoms with Crippen molar-refractivity contribution in [2.45, 2.75) is 12.2 Å². The zero-order chi connectivity index (χ0) is 9.35. The van der Waals surface area contributed by atoms with E-state index in [4.69, 9.17) is 0 Å². The quantitative estimate of drug-likeness (QED) is 0.403. The molecule has 2 unspecified atom stereocenters. The van der Waals surface area contributed by atoms with Gasteiger partial charge in [-0.2, -0.15) is 18.6 Å². The molecule has 3 N–H and O–H groups in total. The molecule has 70 valence electrons. The fraction of sp³-hybridized carbons (Fsp3) is 0.750. The number of nitrogens with one attached hydrogen (secondary N) is 3. The van der Waals surface area contributed by atoms with Crippen LogP contribution in [0.3, 0.4) is 0 Å². The molecule has 0 saturated carbocycles. The number of alkyl halides is 3. The topological polar surface area (TPSA) is 68.6 Å². The molecule has 0 spiro atoms. The molecule has 0 radical (unpaired) electrons. The zero-order valence-electron chi connectivity index (χ0n) is 5.73. The molecule has 12 heavy (non-hydrogen) atoms. The van der Waals surface area contributed by atoms with E-state index in [0.717, 1.165) is 0 Å². The van der Waals surface area contributed by atoms with E-state index in [1.165, 1.54) is 5.43 Å². The van der Waals surface area contributed by atoms with Crippen LogP contribution in [0.25, 0.3) is 0 Å². The lowest BCUT2D eigenvalue weighted by molar-refractivity contribution is -0.926. The third kappa shape index (κ3) is 1.77. The van der Waals surface area contributed by atoms with Crippen molar-refractivity contribution in [1.82, 2.24) is 10.7 Å². The summed E-state index contributed by atoms with van der Waals surface area (Å²) in [6.45, 7) is -0.686. The predicted molar refractivity (Wildman–Crippen MR) is 30.7 cm³/mol. The summed E-state index contributed by atoms with van der Waals surface area (Å²) >= 11 is 0. The van der Waals surface area contributed by atoms with Gasteiger partial charge in [0.1, 0.15) is 0 Å². The Kier molecular flexibility index (Phi) is 2.11. The largest absolute Gasteiger partial charge is 0.607 e. The van der Waals surface area contributed by atoms with Crippen molar-refractivity contribution in [2.75, 3.05) is 6.54 Å². The normalized spacial score (nSPS) is 30.8. The Bertz CT molecular complexity index is 194. The molecule has 1 saturated heterocycles. The summed E-state index contributed by atoms with van der Waals surface area (Å²) in [6.07, 6.45) is -4.60. The summed E-state index contributed by atoms with van der Waals surface area (Å²) in [7, 11) is 0. The molecular formula is C4H6F3N3O2. The number of hydrogen-bond acceptors (Lipinski definition) is 2. The minimum atomic E-state index is -4.60. The number of hydroxylamine groups is 1. The first-order valence-electron chi connectivity index (χ1n) is 3.06. The van der Waals surface area contributed by atoms with Crippen molar-refractivity contribution in [1.29, 1.82) is 0 Å². The van der Waals surface area contributed by atoms with Crippen LogP contribution in [0.2, 0.25) is 0 Å². The van der Waals surface area contributed by atoms with Gasteiger partial charge in [-0.25, -0.2) is 4.79 Å². The Hall–Kier alpha value is -1.02. The van der Waals surface area contributed by atoms with Crippen molar-refractivity contribution in [3.63, 3.8) is 0 Å². The smallest absolute Gasteiger partial charge is 0.445 e. The molecule has 2 atom stereocenters. The average Bonchev–Trinajstić information content (AvgIpc) is 1.83. The first-order chi connectivity index (χ1) is 5.41. The van der Waals surface area contributed by atoms with Crippen LogP contribution in [0.5, 0.6) is 0 Å². The Balaban J connectivity index is 2.62. The van der Waals surface area contributed by atoms with Gasteiger partial charge in [0.2, 0.25) is 6.04 Å². The number of amides is 2. The van der Waals surface area contributed by atoms with Gasteiger partial charge in [-0.15, -0.1) is 0 Å². The number of rotatable bonds is 0. The summed E-state index contributed by atoms with van der Waals surface area (Å²) in [6, 6.07) is -3.02. The number of quaternary nitrogens is 1. The van der Waals surface area contributed by atoms with E-state index in [9.17, 15) is 23.2 Å². The predicted octanol–water partition coefficient (Wildman–Crippen LogP) is -1.47. The van der Waals surface area contributed by atoms with Crippen molar-refractivity contribution < 1.29 is 23.1 Å². The molecular weight excluding hydrogens is 179 g/mol. The first-order valence-corrected chi connectivity index (χ1v) is 3.06. The molecule has 0 aromatic heterocycles. The van der Waals surface area contributed by atoms with E-state index in [1.807, 2.05) is 5.32 Å². The number of urea groups is 1. The van der Waals surface area contributed by atoms with Crippen molar-refractivity contribution >= 4 is 6.03 Å². The van der Waals surface area contributed by atoms with Gasteiger partial charge in [0.25, 0.3) is 0 Å². The Morgan fingerprint density at radius 1 is 1.58 bits per heavy atom. The van der Waals surface area contributed by atoms with Crippen LogP contribution in [0, 0.1) is 5.21 Å². The number of halogens is 3. The minimum absolute atomic E-state index is 0.686. The number of carbonyl (C=O) groups excluding carboxylic acids is 1. The van der Waals surface area contributed by atoms with E-state index in [1.54, 1.807) is 0 Å². The highest BCUT2D eigenvalue weighted by molar-refractivity contribution is 5.72. The van der Waals surface area contributed by atoms with Crippen LogP contribution in [0.1, 0.15) is 0 Å². The van der Waals surface area contributed by atoms with Gasteiger partial charge in [0, 0.05) is 0 Å². The fourth-order valence-electron chi connectivity index (χ4n) is 0.795. The Labute approximate surface area is 65.1 Å². The van der Waals surface area contributed by atoms with Crippen LogP contribution in [-0.2, 0) is 0 Å². The van der Waals surface area contributed by atoms with E-state index in [-0.39, 0.29) is 0 Å². The lowest BCUT2D eigenvalue weighted by Crippen LogP contribution is -3.22. The van der Waals surface area contributed by atoms with Crippen molar-refractivity contribution in [3.8, 4) is 0 Å². The van der Waals surface area contributed by atoms with Crippen LogP contribution in [-0.4, -0.2) is 24.8 Å². The second kappa shape index (κ2) is 2.79. The molecule has 1 aliphatic rings. The van der Waals surface area contributed by atoms with Crippen LogP contribution in [0.4, 0.5) is 18.0 Å². The SMILES string of the molecule is O=C1NCC(C(F)(F)F)[NH+]([O-])N1. The van der Waals surface area contributed by atoms with Gasteiger partial charge >= 0.3 is 12.2 Å².